The van der Waals surface area contributed by atoms with Gasteiger partial charge in [-0.05, 0) is 32.6 Å². The Morgan fingerprint density at radius 3 is 2.78 bits per heavy atom. The van der Waals surface area contributed by atoms with E-state index in [1.165, 1.54) is 4.90 Å². The number of amides is 1. The van der Waals surface area contributed by atoms with Gasteiger partial charge in [-0.2, -0.15) is 0 Å². The number of likely N-dealkylation sites (tertiary alicyclic amines) is 1. The summed E-state index contributed by atoms with van der Waals surface area (Å²) >= 11 is 0. The van der Waals surface area contributed by atoms with E-state index in [-0.39, 0.29) is 5.91 Å². The molecule has 0 aromatic rings. The van der Waals surface area contributed by atoms with Crippen LogP contribution in [0.5, 0.6) is 0 Å². The van der Waals surface area contributed by atoms with Gasteiger partial charge in [0, 0.05) is 13.2 Å². The van der Waals surface area contributed by atoms with Gasteiger partial charge in [0.25, 0.3) is 5.91 Å². The van der Waals surface area contributed by atoms with Gasteiger partial charge in [0.1, 0.15) is 12.1 Å². The molecule has 2 atom stereocenters. The number of unbranched alkanes of at least 4 members (excludes halogenated alkanes) is 1. The van der Waals surface area contributed by atoms with E-state index in [4.69, 9.17) is 9.84 Å². The van der Waals surface area contributed by atoms with Crippen LogP contribution in [0, 0.1) is 0 Å². The second kappa shape index (κ2) is 7.36. The molecule has 0 bridgehead atoms. The number of carbonyl (C=O) groups is 2. The molecule has 5 nitrogen and oxygen atoms in total. The van der Waals surface area contributed by atoms with Crippen LogP contribution < -0.4 is 0 Å². The van der Waals surface area contributed by atoms with Crippen molar-refractivity contribution in [3.05, 3.63) is 0 Å². The zero-order chi connectivity index (χ0) is 13.5. The van der Waals surface area contributed by atoms with Crippen LogP contribution in [-0.2, 0) is 14.3 Å². The molecule has 104 valence electrons. The monoisotopic (exact) mass is 257 g/mol. The smallest absolute Gasteiger partial charge is 0.326 e. The first-order chi connectivity index (χ1) is 8.57. The lowest BCUT2D eigenvalue weighted by molar-refractivity contribution is -0.157. The molecule has 5 heteroatoms. The van der Waals surface area contributed by atoms with E-state index in [9.17, 15) is 9.59 Å². The summed E-state index contributed by atoms with van der Waals surface area (Å²) in [5, 5.41) is 9.12. The van der Waals surface area contributed by atoms with Crippen LogP contribution in [0.2, 0.25) is 0 Å². The fraction of sp³-hybridized carbons (Fsp3) is 0.846. The van der Waals surface area contributed by atoms with E-state index < -0.39 is 18.1 Å². The third-order valence-corrected chi connectivity index (χ3v) is 3.28. The fourth-order valence-electron chi connectivity index (χ4n) is 2.16. The van der Waals surface area contributed by atoms with Crippen molar-refractivity contribution in [2.24, 2.45) is 0 Å². The average molecular weight is 257 g/mol. The summed E-state index contributed by atoms with van der Waals surface area (Å²) < 4.78 is 5.44. The molecule has 1 unspecified atom stereocenters. The second-order valence-electron chi connectivity index (χ2n) is 4.75. The van der Waals surface area contributed by atoms with Gasteiger partial charge in [0.15, 0.2) is 0 Å². The highest BCUT2D eigenvalue weighted by Gasteiger charge is 2.34. The minimum atomic E-state index is -0.913. The van der Waals surface area contributed by atoms with Crippen LogP contribution in [0.1, 0.15) is 46.0 Å². The highest BCUT2D eigenvalue weighted by Crippen LogP contribution is 2.18. The normalized spacial score (nSPS) is 21.7. The van der Waals surface area contributed by atoms with E-state index >= 15 is 0 Å². The summed E-state index contributed by atoms with van der Waals surface area (Å²) in [6.07, 6.45) is 3.67. The third-order valence-electron chi connectivity index (χ3n) is 3.28. The lowest BCUT2D eigenvalue weighted by Crippen LogP contribution is -2.51. The van der Waals surface area contributed by atoms with E-state index in [1.54, 1.807) is 6.92 Å². The van der Waals surface area contributed by atoms with Gasteiger partial charge in [-0.3, -0.25) is 4.79 Å². The molecule has 0 aliphatic carbocycles. The summed E-state index contributed by atoms with van der Waals surface area (Å²) in [7, 11) is 0. The molecule has 1 fully saturated rings. The fourth-order valence-corrected chi connectivity index (χ4v) is 2.16. The number of piperidine rings is 1. The lowest BCUT2D eigenvalue weighted by Gasteiger charge is -2.34. The van der Waals surface area contributed by atoms with Crippen molar-refractivity contribution in [2.45, 2.75) is 58.1 Å². The summed E-state index contributed by atoms with van der Waals surface area (Å²) in [4.78, 5) is 24.7. The summed E-state index contributed by atoms with van der Waals surface area (Å²) in [5.74, 6) is -1.11. The van der Waals surface area contributed by atoms with Crippen LogP contribution >= 0.6 is 0 Å². The van der Waals surface area contributed by atoms with Crippen LogP contribution in [0.15, 0.2) is 0 Å². The number of nitrogens with zero attached hydrogens (tertiary/aromatic N) is 1. The molecule has 1 saturated heterocycles. The average Bonchev–Trinajstić information content (AvgIpc) is 2.38. The Hall–Kier alpha value is -1.10. The Morgan fingerprint density at radius 1 is 1.44 bits per heavy atom. The van der Waals surface area contributed by atoms with Crippen molar-refractivity contribution in [3.63, 3.8) is 0 Å². The van der Waals surface area contributed by atoms with Crippen molar-refractivity contribution in [2.75, 3.05) is 13.2 Å². The van der Waals surface area contributed by atoms with Crippen LogP contribution in [0.4, 0.5) is 0 Å². The SMILES string of the molecule is CCCCOC(C)C(=O)N1CCCC[C@@H]1C(=O)O. The lowest BCUT2D eigenvalue weighted by atomic mass is 10.0. The zero-order valence-corrected chi connectivity index (χ0v) is 11.2. The maximum absolute atomic E-state index is 12.1. The largest absolute Gasteiger partial charge is 0.480 e. The Bertz CT molecular complexity index is 293. The number of ether oxygens (including phenoxy) is 1. The Morgan fingerprint density at radius 2 is 2.17 bits per heavy atom. The van der Waals surface area contributed by atoms with E-state index in [1.807, 2.05) is 0 Å². The molecule has 1 rings (SSSR count). The van der Waals surface area contributed by atoms with Gasteiger partial charge >= 0.3 is 5.97 Å². The molecule has 0 aromatic carbocycles. The Kier molecular flexibility index (Phi) is 6.12. The van der Waals surface area contributed by atoms with Crippen molar-refractivity contribution < 1.29 is 19.4 Å². The number of carboxylic acids is 1. The number of rotatable bonds is 6. The minimum absolute atomic E-state index is 0.196. The Labute approximate surface area is 108 Å². The molecule has 1 N–H and O–H groups in total. The molecule has 1 heterocycles. The summed E-state index contributed by atoms with van der Waals surface area (Å²) in [5.41, 5.74) is 0. The number of aliphatic carboxylic acids is 1. The van der Waals surface area contributed by atoms with Gasteiger partial charge in [-0.15, -0.1) is 0 Å². The molecule has 0 saturated carbocycles. The topological polar surface area (TPSA) is 66.8 Å². The minimum Gasteiger partial charge on any atom is -0.480 e. The quantitative estimate of drug-likeness (QED) is 0.735. The third kappa shape index (κ3) is 3.98. The molecule has 1 aliphatic heterocycles. The molecular formula is C13H23NO4. The van der Waals surface area contributed by atoms with Crippen molar-refractivity contribution in [3.8, 4) is 0 Å². The maximum atomic E-state index is 12.1. The standard InChI is InChI=1S/C13H23NO4/c1-3-4-9-18-10(2)12(15)14-8-6-5-7-11(14)13(16)17/h10-11H,3-9H2,1-2H3,(H,16,17)/t10?,11-/m1/s1. The number of hydrogen-bond donors (Lipinski definition) is 1. The van der Waals surface area contributed by atoms with Crippen LogP contribution in [-0.4, -0.2) is 47.2 Å². The highest BCUT2D eigenvalue weighted by atomic mass is 16.5. The van der Waals surface area contributed by atoms with Crippen molar-refractivity contribution in [1.29, 1.82) is 0 Å². The maximum Gasteiger partial charge on any atom is 0.326 e. The first kappa shape index (κ1) is 15.0. The van der Waals surface area contributed by atoms with Gasteiger partial charge in [-0.1, -0.05) is 13.3 Å². The van der Waals surface area contributed by atoms with Gasteiger partial charge in [-0.25, -0.2) is 4.79 Å². The van der Waals surface area contributed by atoms with Crippen molar-refractivity contribution in [1.82, 2.24) is 4.90 Å². The van der Waals surface area contributed by atoms with Gasteiger partial charge < -0.3 is 14.7 Å². The zero-order valence-electron chi connectivity index (χ0n) is 11.2. The van der Waals surface area contributed by atoms with Crippen molar-refractivity contribution >= 4 is 11.9 Å². The molecular weight excluding hydrogens is 234 g/mol. The van der Waals surface area contributed by atoms with Crippen LogP contribution in [0.25, 0.3) is 0 Å². The Balaban J connectivity index is 2.54. The molecule has 1 aliphatic rings. The summed E-state index contributed by atoms with van der Waals surface area (Å²) in [6.45, 7) is 4.83. The summed E-state index contributed by atoms with van der Waals surface area (Å²) in [6, 6.07) is -0.677. The predicted molar refractivity (Wildman–Crippen MR) is 67.3 cm³/mol. The van der Waals surface area contributed by atoms with E-state index in [2.05, 4.69) is 6.92 Å². The first-order valence-corrected chi connectivity index (χ1v) is 6.72. The number of carboxylic acid groups (broad SMARTS) is 1. The molecule has 0 radical (unpaired) electrons. The van der Waals surface area contributed by atoms with Crippen LogP contribution in [0.3, 0.4) is 0 Å². The number of hydrogen-bond acceptors (Lipinski definition) is 3. The number of carbonyl (C=O) groups excluding carboxylic acids is 1. The van der Waals surface area contributed by atoms with Gasteiger partial charge in [0.05, 0.1) is 0 Å². The molecule has 1 amide bonds. The predicted octanol–water partition coefficient (Wildman–Crippen LogP) is 1.66. The molecule has 18 heavy (non-hydrogen) atoms. The second-order valence-corrected chi connectivity index (χ2v) is 4.75. The molecule has 0 spiro atoms. The first-order valence-electron chi connectivity index (χ1n) is 6.72. The highest BCUT2D eigenvalue weighted by molar-refractivity contribution is 5.86. The van der Waals surface area contributed by atoms with E-state index in [0.717, 1.165) is 25.7 Å². The van der Waals surface area contributed by atoms with E-state index in [0.29, 0.717) is 19.6 Å². The van der Waals surface area contributed by atoms with Gasteiger partial charge in [0.2, 0.25) is 0 Å². The molecule has 0 aromatic heterocycles.